The molecule has 1 aromatic rings. The number of nitrogens with zero attached hydrogens (tertiary/aromatic N) is 1. The summed E-state index contributed by atoms with van der Waals surface area (Å²) < 4.78 is 4.82. The Morgan fingerprint density at radius 1 is 1.45 bits per heavy atom. The lowest BCUT2D eigenvalue weighted by molar-refractivity contribution is -0.385. The van der Waals surface area contributed by atoms with Crippen LogP contribution in [-0.4, -0.2) is 24.0 Å². The first-order valence-corrected chi connectivity index (χ1v) is 6.65. The molecule has 0 amide bonds. The van der Waals surface area contributed by atoms with E-state index in [1.807, 2.05) is 6.07 Å². The van der Waals surface area contributed by atoms with E-state index in [1.165, 1.54) is 0 Å². The number of nitro groups is 1. The average molecular weight is 280 g/mol. The summed E-state index contributed by atoms with van der Waals surface area (Å²) in [7, 11) is 0. The van der Waals surface area contributed by atoms with Crippen molar-refractivity contribution in [2.45, 2.75) is 33.2 Å². The van der Waals surface area contributed by atoms with E-state index in [1.54, 1.807) is 26.0 Å². The predicted octanol–water partition coefficient (Wildman–Crippen LogP) is 2.34. The average Bonchev–Trinajstić information content (AvgIpc) is 2.40. The Morgan fingerprint density at radius 2 is 2.20 bits per heavy atom. The highest BCUT2D eigenvalue weighted by atomic mass is 16.6. The van der Waals surface area contributed by atoms with E-state index in [2.05, 4.69) is 5.32 Å². The molecule has 0 atom stereocenters. The first-order valence-electron chi connectivity index (χ1n) is 6.65. The summed E-state index contributed by atoms with van der Waals surface area (Å²) >= 11 is 0. The first kappa shape index (κ1) is 16.1. The van der Waals surface area contributed by atoms with Gasteiger partial charge in [0.1, 0.15) is 0 Å². The van der Waals surface area contributed by atoms with Gasteiger partial charge in [0.2, 0.25) is 0 Å². The number of hydrogen-bond donors (Lipinski definition) is 1. The fraction of sp³-hybridized carbons (Fsp3) is 0.500. The third kappa shape index (κ3) is 5.36. The van der Waals surface area contributed by atoms with E-state index in [-0.39, 0.29) is 16.6 Å². The molecular formula is C14H20N2O4. The van der Waals surface area contributed by atoms with Crippen molar-refractivity contribution < 1.29 is 14.5 Å². The van der Waals surface area contributed by atoms with Crippen LogP contribution in [0.4, 0.5) is 5.69 Å². The van der Waals surface area contributed by atoms with E-state index in [9.17, 15) is 14.9 Å². The van der Waals surface area contributed by atoms with Crippen LogP contribution < -0.4 is 5.32 Å². The second-order valence-corrected chi connectivity index (χ2v) is 4.46. The van der Waals surface area contributed by atoms with Crippen LogP contribution in [0.5, 0.6) is 0 Å². The van der Waals surface area contributed by atoms with Crippen LogP contribution in [0, 0.1) is 17.0 Å². The standard InChI is InChI=1S/C14H20N2O4/c1-3-20-14(17)5-4-8-15-10-12-7-6-11(2)13(9-12)16(18)19/h6-7,9,15H,3-5,8,10H2,1-2H3. The van der Waals surface area contributed by atoms with E-state index >= 15 is 0 Å². The Morgan fingerprint density at radius 3 is 2.85 bits per heavy atom. The molecule has 0 radical (unpaired) electrons. The van der Waals surface area contributed by atoms with Crippen LogP contribution in [0.1, 0.15) is 30.9 Å². The number of rotatable bonds is 8. The van der Waals surface area contributed by atoms with Crippen molar-refractivity contribution in [2.24, 2.45) is 0 Å². The van der Waals surface area contributed by atoms with E-state index in [0.717, 1.165) is 5.56 Å². The van der Waals surface area contributed by atoms with Gasteiger partial charge in [-0.1, -0.05) is 12.1 Å². The summed E-state index contributed by atoms with van der Waals surface area (Å²) in [6, 6.07) is 5.18. The van der Waals surface area contributed by atoms with Crippen molar-refractivity contribution in [3.8, 4) is 0 Å². The van der Waals surface area contributed by atoms with Gasteiger partial charge in [-0.05, 0) is 32.4 Å². The lowest BCUT2D eigenvalue weighted by atomic mass is 10.1. The number of esters is 1. The number of hydrogen-bond acceptors (Lipinski definition) is 5. The van der Waals surface area contributed by atoms with Crippen molar-refractivity contribution in [3.05, 3.63) is 39.4 Å². The molecule has 0 saturated carbocycles. The van der Waals surface area contributed by atoms with Crippen LogP contribution in [0.25, 0.3) is 0 Å². The minimum Gasteiger partial charge on any atom is -0.466 e. The maximum Gasteiger partial charge on any atom is 0.305 e. The lowest BCUT2D eigenvalue weighted by Gasteiger charge is -2.06. The third-order valence-electron chi connectivity index (χ3n) is 2.84. The smallest absolute Gasteiger partial charge is 0.305 e. The van der Waals surface area contributed by atoms with Gasteiger partial charge in [0.05, 0.1) is 11.5 Å². The number of ether oxygens (including phenoxy) is 1. The Labute approximate surface area is 118 Å². The number of benzene rings is 1. The van der Waals surface area contributed by atoms with Crippen LogP contribution in [0.15, 0.2) is 18.2 Å². The minimum atomic E-state index is -0.375. The Bertz CT molecular complexity index is 474. The highest BCUT2D eigenvalue weighted by molar-refractivity contribution is 5.69. The van der Waals surface area contributed by atoms with E-state index in [0.29, 0.717) is 38.1 Å². The Hall–Kier alpha value is -1.95. The van der Waals surface area contributed by atoms with Gasteiger partial charge in [0, 0.05) is 24.6 Å². The third-order valence-corrected chi connectivity index (χ3v) is 2.84. The number of carbonyl (C=O) groups is 1. The molecule has 6 nitrogen and oxygen atoms in total. The molecule has 0 aromatic heterocycles. The maximum absolute atomic E-state index is 11.1. The SMILES string of the molecule is CCOC(=O)CCCNCc1ccc(C)c([N+](=O)[O-])c1. The summed E-state index contributed by atoms with van der Waals surface area (Å²) in [6.07, 6.45) is 1.07. The van der Waals surface area contributed by atoms with Crippen LogP contribution in [0.3, 0.4) is 0 Å². The van der Waals surface area contributed by atoms with E-state index < -0.39 is 0 Å². The number of carbonyl (C=O) groups excluding carboxylic acids is 1. The highest BCUT2D eigenvalue weighted by Gasteiger charge is 2.10. The summed E-state index contributed by atoms with van der Waals surface area (Å²) in [6.45, 7) is 5.11. The number of aryl methyl sites for hydroxylation is 1. The molecule has 1 aromatic carbocycles. The molecule has 0 fully saturated rings. The molecule has 6 heteroatoms. The van der Waals surface area contributed by atoms with Crippen molar-refractivity contribution in [1.82, 2.24) is 5.32 Å². The molecule has 0 spiro atoms. The molecule has 0 aliphatic rings. The summed E-state index contributed by atoms with van der Waals surface area (Å²) in [5.41, 5.74) is 1.65. The monoisotopic (exact) mass is 280 g/mol. The van der Waals surface area contributed by atoms with Gasteiger partial charge in [0.25, 0.3) is 5.69 Å². The zero-order valence-corrected chi connectivity index (χ0v) is 11.8. The number of nitrogens with one attached hydrogen (secondary N) is 1. The lowest BCUT2D eigenvalue weighted by Crippen LogP contribution is -2.16. The normalized spacial score (nSPS) is 10.3. The minimum absolute atomic E-state index is 0.135. The second kappa shape index (κ2) is 8.27. The largest absolute Gasteiger partial charge is 0.466 e. The first-order chi connectivity index (χ1) is 9.54. The van der Waals surface area contributed by atoms with Crippen molar-refractivity contribution >= 4 is 11.7 Å². The molecule has 0 bridgehead atoms. The molecule has 1 N–H and O–H groups in total. The van der Waals surface area contributed by atoms with E-state index in [4.69, 9.17) is 4.74 Å². The van der Waals surface area contributed by atoms with Gasteiger partial charge in [-0.3, -0.25) is 14.9 Å². The van der Waals surface area contributed by atoms with Gasteiger partial charge in [-0.2, -0.15) is 0 Å². The van der Waals surface area contributed by atoms with Crippen LogP contribution >= 0.6 is 0 Å². The van der Waals surface area contributed by atoms with Crippen molar-refractivity contribution in [1.29, 1.82) is 0 Å². The van der Waals surface area contributed by atoms with Gasteiger partial charge >= 0.3 is 5.97 Å². The Kier molecular flexibility index (Phi) is 6.66. The van der Waals surface area contributed by atoms with Crippen molar-refractivity contribution in [2.75, 3.05) is 13.2 Å². The van der Waals surface area contributed by atoms with Crippen molar-refractivity contribution in [3.63, 3.8) is 0 Å². The quantitative estimate of drug-likeness (QED) is 0.342. The fourth-order valence-electron chi connectivity index (χ4n) is 1.79. The molecular weight excluding hydrogens is 260 g/mol. The molecule has 20 heavy (non-hydrogen) atoms. The maximum atomic E-state index is 11.1. The van der Waals surface area contributed by atoms with Gasteiger partial charge < -0.3 is 10.1 Å². The predicted molar refractivity (Wildman–Crippen MR) is 75.4 cm³/mol. The topological polar surface area (TPSA) is 81.5 Å². The molecule has 0 aliphatic heterocycles. The highest BCUT2D eigenvalue weighted by Crippen LogP contribution is 2.18. The molecule has 0 heterocycles. The molecule has 1 rings (SSSR count). The van der Waals surface area contributed by atoms with Gasteiger partial charge in [-0.25, -0.2) is 0 Å². The summed E-state index contributed by atoms with van der Waals surface area (Å²) in [5, 5.41) is 14.0. The summed E-state index contributed by atoms with van der Waals surface area (Å²) in [5.74, 6) is -0.194. The zero-order chi connectivity index (χ0) is 15.0. The van der Waals surface area contributed by atoms with Gasteiger partial charge in [0.15, 0.2) is 0 Å². The number of nitro benzene ring substituents is 1. The summed E-state index contributed by atoms with van der Waals surface area (Å²) in [4.78, 5) is 21.6. The molecule has 0 saturated heterocycles. The molecule has 0 unspecified atom stereocenters. The zero-order valence-electron chi connectivity index (χ0n) is 11.8. The van der Waals surface area contributed by atoms with Gasteiger partial charge in [-0.15, -0.1) is 0 Å². The van der Waals surface area contributed by atoms with Crippen LogP contribution in [0.2, 0.25) is 0 Å². The fourth-order valence-corrected chi connectivity index (χ4v) is 1.79. The Balaban J connectivity index is 2.34. The second-order valence-electron chi connectivity index (χ2n) is 4.46. The molecule has 110 valence electrons. The molecule has 0 aliphatic carbocycles. The van der Waals surface area contributed by atoms with Crippen LogP contribution in [-0.2, 0) is 16.1 Å².